The number of hydrogen-bond donors (Lipinski definition) is 1. The number of non-ortho nitro benzene ring substituents is 1. The van der Waals surface area contributed by atoms with Crippen LogP contribution in [0.3, 0.4) is 0 Å². The van der Waals surface area contributed by atoms with Crippen LogP contribution in [-0.4, -0.2) is 10.8 Å². The minimum Gasteiger partial charge on any atom is -0.323 e. The number of nitrogens with one attached hydrogen (secondary N) is 1. The third kappa shape index (κ3) is 4.54. The number of nitro benzene ring substituents is 1. The van der Waals surface area contributed by atoms with Gasteiger partial charge in [0.15, 0.2) is 0 Å². The molecule has 0 saturated carbocycles. The molecular formula is C15H11BrN2O3. The second-order valence-electron chi connectivity index (χ2n) is 4.18. The number of carbonyl (C=O) groups is 1. The van der Waals surface area contributed by atoms with Crippen LogP contribution in [0.25, 0.3) is 6.08 Å². The molecule has 0 aromatic heterocycles. The Balaban J connectivity index is 1.98. The lowest BCUT2D eigenvalue weighted by molar-refractivity contribution is -0.384. The number of amides is 1. The molecule has 2 aromatic carbocycles. The summed E-state index contributed by atoms with van der Waals surface area (Å²) in [5.74, 6) is -0.268. The topological polar surface area (TPSA) is 72.2 Å². The summed E-state index contributed by atoms with van der Waals surface area (Å²) in [6, 6.07) is 13.2. The molecule has 106 valence electrons. The van der Waals surface area contributed by atoms with Gasteiger partial charge >= 0.3 is 0 Å². The Bertz CT molecular complexity index is 679. The summed E-state index contributed by atoms with van der Waals surface area (Å²) in [4.78, 5) is 21.8. The van der Waals surface area contributed by atoms with Crippen molar-refractivity contribution in [3.63, 3.8) is 0 Å². The molecule has 0 aliphatic carbocycles. The Morgan fingerprint density at radius 1 is 1.10 bits per heavy atom. The molecule has 5 nitrogen and oxygen atoms in total. The summed E-state index contributed by atoms with van der Waals surface area (Å²) < 4.78 is 0.932. The van der Waals surface area contributed by atoms with Crippen LogP contribution in [0.2, 0.25) is 0 Å². The van der Waals surface area contributed by atoms with Crippen LogP contribution in [-0.2, 0) is 4.79 Å². The smallest absolute Gasteiger partial charge is 0.269 e. The van der Waals surface area contributed by atoms with Crippen molar-refractivity contribution >= 4 is 39.3 Å². The van der Waals surface area contributed by atoms with E-state index in [1.807, 2.05) is 12.1 Å². The summed E-state index contributed by atoms with van der Waals surface area (Å²) >= 11 is 3.31. The van der Waals surface area contributed by atoms with E-state index < -0.39 is 4.92 Å². The lowest BCUT2D eigenvalue weighted by atomic mass is 10.2. The maximum Gasteiger partial charge on any atom is 0.269 e. The summed E-state index contributed by atoms with van der Waals surface area (Å²) in [7, 11) is 0. The first-order valence-electron chi connectivity index (χ1n) is 6.04. The van der Waals surface area contributed by atoms with Gasteiger partial charge in [0.2, 0.25) is 5.91 Å². The van der Waals surface area contributed by atoms with Gasteiger partial charge in [-0.05, 0) is 48.0 Å². The highest BCUT2D eigenvalue weighted by Crippen LogP contribution is 2.15. The molecule has 0 atom stereocenters. The molecule has 6 heteroatoms. The van der Waals surface area contributed by atoms with Crippen LogP contribution in [0.4, 0.5) is 11.4 Å². The highest BCUT2D eigenvalue weighted by atomic mass is 79.9. The molecule has 2 rings (SSSR count). The van der Waals surface area contributed by atoms with E-state index in [9.17, 15) is 14.9 Å². The zero-order valence-corrected chi connectivity index (χ0v) is 12.4. The zero-order valence-electron chi connectivity index (χ0n) is 10.8. The second-order valence-corrected chi connectivity index (χ2v) is 5.09. The van der Waals surface area contributed by atoms with Crippen molar-refractivity contribution in [1.29, 1.82) is 0 Å². The Morgan fingerprint density at radius 2 is 1.71 bits per heavy atom. The van der Waals surface area contributed by atoms with Crippen molar-refractivity contribution in [2.24, 2.45) is 0 Å². The number of rotatable bonds is 4. The van der Waals surface area contributed by atoms with Gasteiger partial charge in [-0.15, -0.1) is 0 Å². The average Bonchev–Trinajstić information content (AvgIpc) is 2.48. The maximum atomic E-state index is 11.7. The molecule has 0 radical (unpaired) electrons. The van der Waals surface area contributed by atoms with Crippen LogP contribution in [0, 0.1) is 10.1 Å². The predicted octanol–water partition coefficient (Wildman–Crippen LogP) is 4.01. The van der Waals surface area contributed by atoms with Gasteiger partial charge in [0.25, 0.3) is 5.69 Å². The van der Waals surface area contributed by atoms with E-state index in [-0.39, 0.29) is 11.6 Å². The molecule has 0 aliphatic rings. The van der Waals surface area contributed by atoms with Crippen LogP contribution in [0.15, 0.2) is 59.1 Å². The monoisotopic (exact) mass is 346 g/mol. The Labute approximate surface area is 129 Å². The van der Waals surface area contributed by atoms with Crippen molar-refractivity contribution in [2.45, 2.75) is 0 Å². The quantitative estimate of drug-likeness (QED) is 0.516. The van der Waals surface area contributed by atoms with E-state index in [0.29, 0.717) is 11.3 Å². The summed E-state index contributed by atoms with van der Waals surface area (Å²) in [6.45, 7) is 0. The second kappa shape index (κ2) is 6.81. The van der Waals surface area contributed by atoms with E-state index in [1.54, 1.807) is 30.3 Å². The maximum absolute atomic E-state index is 11.7. The normalized spacial score (nSPS) is 10.5. The molecule has 0 unspecified atom stereocenters. The fourth-order valence-corrected chi connectivity index (χ4v) is 1.86. The molecule has 1 N–H and O–H groups in total. The van der Waals surface area contributed by atoms with Crippen LogP contribution >= 0.6 is 15.9 Å². The van der Waals surface area contributed by atoms with Crippen LogP contribution < -0.4 is 5.32 Å². The van der Waals surface area contributed by atoms with Crippen molar-refractivity contribution in [2.75, 3.05) is 5.32 Å². The Hall–Kier alpha value is -2.47. The first kappa shape index (κ1) is 14.9. The van der Waals surface area contributed by atoms with Gasteiger partial charge in [0.05, 0.1) is 4.92 Å². The average molecular weight is 347 g/mol. The van der Waals surface area contributed by atoms with Gasteiger partial charge < -0.3 is 5.32 Å². The predicted molar refractivity (Wildman–Crippen MR) is 84.9 cm³/mol. The number of halogens is 1. The van der Waals surface area contributed by atoms with Crippen LogP contribution in [0.1, 0.15) is 5.56 Å². The van der Waals surface area contributed by atoms with Gasteiger partial charge in [-0.25, -0.2) is 0 Å². The molecule has 2 aromatic rings. The van der Waals surface area contributed by atoms with Crippen molar-refractivity contribution in [3.8, 4) is 0 Å². The molecule has 0 aliphatic heterocycles. The molecular weight excluding hydrogens is 336 g/mol. The number of carbonyl (C=O) groups excluding carboxylic acids is 1. The number of hydrogen-bond acceptors (Lipinski definition) is 3. The van der Waals surface area contributed by atoms with Gasteiger partial charge in [0, 0.05) is 28.4 Å². The Morgan fingerprint density at radius 3 is 2.29 bits per heavy atom. The zero-order chi connectivity index (χ0) is 15.2. The van der Waals surface area contributed by atoms with E-state index in [1.165, 1.54) is 18.2 Å². The molecule has 0 bridgehead atoms. The van der Waals surface area contributed by atoms with Crippen molar-refractivity contribution < 1.29 is 9.72 Å². The Kier molecular flexibility index (Phi) is 4.84. The highest BCUT2D eigenvalue weighted by molar-refractivity contribution is 9.10. The number of benzene rings is 2. The van der Waals surface area contributed by atoms with E-state index >= 15 is 0 Å². The molecule has 0 saturated heterocycles. The largest absolute Gasteiger partial charge is 0.323 e. The van der Waals surface area contributed by atoms with E-state index in [4.69, 9.17) is 0 Å². The molecule has 1 amide bonds. The van der Waals surface area contributed by atoms with Gasteiger partial charge in [0.1, 0.15) is 0 Å². The van der Waals surface area contributed by atoms with Crippen LogP contribution in [0.5, 0.6) is 0 Å². The highest BCUT2D eigenvalue weighted by Gasteiger charge is 2.03. The summed E-state index contributed by atoms with van der Waals surface area (Å²) in [6.07, 6.45) is 2.97. The third-order valence-corrected chi connectivity index (χ3v) is 3.17. The fraction of sp³-hybridized carbons (Fsp3) is 0. The lowest BCUT2D eigenvalue weighted by Crippen LogP contribution is -2.07. The first-order chi connectivity index (χ1) is 10.0. The SMILES string of the molecule is O=C(C=Cc1ccc([N+](=O)[O-])cc1)Nc1ccc(Br)cc1. The summed E-state index contributed by atoms with van der Waals surface area (Å²) in [5.41, 5.74) is 1.43. The lowest BCUT2D eigenvalue weighted by Gasteiger charge is -2.01. The first-order valence-corrected chi connectivity index (χ1v) is 6.83. The van der Waals surface area contributed by atoms with E-state index in [2.05, 4.69) is 21.2 Å². The molecule has 21 heavy (non-hydrogen) atoms. The third-order valence-electron chi connectivity index (χ3n) is 2.64. The minimum atomic E-state index is -0.465. The van der Waals surface area contributed by atoms with Gasteiger partial charge in [-0.1, -0.05) is 15.9 Å². The minimum absolute atomic E-state index is 0.0199. The fourth-order valence-electron chi connectivity index (χ4n) is 1.60. The summed E-state index contributed by atoms with van der Waals surface area (Å²) in [5, 5.41) is 13.2. The van der Waals surface area contributed by atoms with Crippen molar-refractivity contribution in [3.05, 3.63) is 74.8 Å². The number of nitrogens with zero attached hydrogens (tertiary/aromatic N) is 1. The number of nitro groups is 1. The van der Waals surface area contributed by atoms with Gasteiger partial charge in [-0.2, -0.15) is 0 Å². The number of anilines is 1. The standard InChI is InChI=1S/C15H11BrN2O3/c16-12-4-6-13(7-5-12)17-15(19)10-3-11-1-8-14(9-2-11)18(20)21/h1-10H,(H,17,19). The van der Waals surface area contributed by atoms with E-state index in [0.717, 1.165) is 4.47 Å². The molecule has 0 spiro atoms. The molecule has 0 heterocycles. The van der Waals surface area contributed by atoms with Gasteiger partial charge in [-0.3, -0.25) is 14.9 Å². The molecule has 0 fully saturated rings. The van der Waals surface area contributed by atoms with Crippen molar-refractivity contribution in [1.82, 2.24) is 0 Å².